The molecule has 1 saturated heterocycles. The number of sulfonamides is 1. The number of hydrogen-bond acceptors (Lipinski definition) is 4. The highest BCUT2D eigenvalue weighted by Crippen LogP contribution is 2.35. The number of piperazine rings is 1. The maximum atomic E-state index is 13.3. The van der Waals surface area contributed by atoms with E-state index in [-0.39, 0.29) is 38.1 Å². The van der Waals surface area contributed by atoms with Crippen molar-refractivity contribution in [3.63, 3.8) is 0 Å². The van der Waals surface area contributed by atoms with Crippen molar-refractivity contribution in [2.24, 2.45) is 0 Å². The van der Waals surface area contributed by atoms with Crippen molar-refractivity contribution in [3.05, 3.63) is 65.7 Å². The topological polar surface area (TPSA) is 69.7 Å². The monoisotopic (exact) mass is 469 g/mol. The second-order valence-corrected chi connectivity index (χ2v) is 9.66. The van der Waals surface area contributed by atoms with Gasteiger partial charge in [-0.05, 0) is 31.5 Å². The summed E-state index contributed by atoms with van der Waals surface area (Å²) in [6, 6.07) is 13.0. The van der Waals surface area contributed by atoms with Crippen molar-refractivity contribution in [1.29, 1.82) is 0 Å². The number of amides is 1. The highest BCUT2D eigenvalue weighted by molar-refractivity contribution is 7.89. The van der Waals surface area contributed by atoms with Crippen LogP contribution in [0.15, 0.2) is 59.5 Å². The summed E-state index contributed by atoms with van der Waals surface area (Å²) in [6.45, 7) is 4.09. The van der Waals surface area contributed by atoms with Crippen molar-refractivity contribution in [1.82, 2.24) is 14.5 Å². The molecule has 6 nitrogen and oxygen atoms in total. The number of alkyl halides is 3. The lowest BCUT2D eigenvalue weighted by Crippen LogP contribution is -2.55. The van der Waals surface area contributed by atoms with Gasteiger partial charge < -0.3 is 5.32 Å². The fourth-order valence-electron chi connectivity index (χ4n) is 3.72. The molecule has 1 amide bonds. The van der Waals surface area contributed by atoms with Crippen LogP contribution in [0.2, 0.25) is 0 Å². The minimum atomic E-state index is -4.77. The summed E-state index contributed by atoms with van der Waals surface area (Å²) >= 11 is 0. The summed E-state index contributed by atoms with van der Waals surface area (Å²) in [7, 11) is -4.31. The molecule has 0 aromatic heterocycles. The lowest BCUT2D eigenvalue weighted by Gasteiger charge is -2.37. The van der Waals surface area contributed by atoms with Crippen molar-refractivity contribution in [2.75, 3.05) is 26.2 Å². The van der Waals surface area contributed by atoms with E-state index >= 15 is 0 Å². The van der Waals surface area contributed by atoms with Gasteiger partial charge >= 0.3 is 6.18 Å². The SMILES string of the molecule is C[C@H](C(=O)N[C@H](C)c1ccccc1)N1CCN(S(=O)(=O)c2ccccc2C(F)(F)F)CC1. The number of carbonyl (C=O) groups excluding carboxylic acids is 1. The smallest absolute Gasteiger partial charge is 0.348 e. The van der Waals surface area contributed by atoms with Crippen LogP contribution in [0.1, 0.15) is 31.0 Å². The van der Waals surface area contributed by atoms with E-state index in [0.717, 1.165) is 28.1 Å². The molecule has 174 valence electrons. The van der Waals surface area contributed by atoms with Gasteiger partial charge in [-0.3, -0.25) is 9.69 Å². The molecule has 3 rings (SSSR count). The number of halogens is 3. The van der Waals surface area contributed by atoms with Crippen LogP contribution in [0.3, 0.4) is 0 Å². The van der Waals surface area contributed by atoms with Crippen LogP contribution in [0.4, 0.5) is 13.2 Å². The van der Waals surface area contributed by atoms with Gasteiger partial charge in [0.05, 0.1) is 22.5 Å². The molecule has 0 aliphatic carbocycles. The Morgan fingerprint density at radius 2 is 1.50 bits per heavy atom. The van der Waals surface area contributed by atoms with Crippen LogP contribution in [0.25, 0.3) is 0 Å². The van der Waals surface area contributed by atoms with Gasteiger partial charge in [0, 0.05) is 26.2 Å². The maximum absolute atomic E-state index is 13.3. The predicted octanol–water partition coefficient (Wildman–Crippen LogP) is 3.28. The maximum Gasteiger partial charge on any atom is 0.417 e. The predicted molar refractivity (Wildman–Crippen MR) is 114 cm³/mol. The van der Waals surface area contributed by atoms with Gasteiger partial charge in [0.2, 0.25) is 15.9 Å². The molecule has 0 saturated carbocycles. The molecule has 2 atom stereocenters. The quantitative estimate of drug-likeness (QED) is 0.705. The summed E-state index contributed by atoms with van der Waals surface area (Å²) in [4.78, 5) is 13.8. The lowest BCUT2D eigenvalue weighted by atomic mass is 10.1. The molecule has 0 bridgehead atoms. The summed E-state index contributed by atoms with van der Waals surface area (Å²) in [5.74, 6) is -0.194. The number of carbonyl (C=O) groups is 1. The molecule has 2 aromatic rings. The summed E-state index contributed by atoms with van der Waals surface area (Å²) in [5, 5.41) is 2.95. The van der Waals surface area contributed by atoms with Gasteiger partial charge in [0.1, 0.15) is 0 Å². The molecular weight excluding hydrogens is 443 g/mol. The van der Waals surface area contributed by atoms with E-state index in [9.17, 15) is 26.4 Å². The molecule has 0 radical (unpaired) electrons. The Morgan fingerprint density at radius 3 is 2.09 bits per heavy atom. The van der Waals surface area contributed by atoms with Gasteiger partial charge in [-0.25, -0.2) is 8.42 Å². The van der Waals surface area contributed by atoms with Crippen LogP contribution in [0, 0.1) is 0 Å². The van der Waals surface area contributed by atoms with Crippen molar-refractivity contribution < 1.29 is 26.4 Å². The third-order valence-electron chi connectivity index (χ3n) is 5.67. The molecule has 1 fully saturated rings. The Hall–Kier alpha value is -2.43. The molecule has 0 spiro atoms. The fraction of sp³-hybridized carbons (Fsp3) is 0.409. The minimum absolute atomic E-state index is 0.000381. The van der Waals surface area contributed by atoms with Crippen LogP contribution in [-0.4, -0.2) is 55.8 Å². The average Bonchev–Trinajstić information content (AvgIpc) is 2.78. The first-order valence-corrected chi connectivity index (χ1v) is 11.7. The highest BCUT2D eigenvalue weighted by Gasteiger charge is 2.40. The largest absolute Gasteiger partial charge is 0.417 e. The number of nitrogens with one attached hydrogen (secondary N) is 1. The van der Waals surface area contributed by atoms with Gasteiger partial charge in [-0.15, -0.1) is 0 Å². The fourth-order valence-corrected chi connectivity index (χ4v) is 5.36. The molecule has 32 heavy (non-hydrogen) atoms. The van der Waals surface area contributed by atoms with Gasteiger partial charge in [0.15, 0.2) is 0 Å². The van der Waals surface area contributed by atoms with E-state index in [2.05, 4.69) is 5.32 Å². The first-order chi connectivity index (χ1) is 15.0. The van der Waals surface area contributed by atoms with Gasteiger partial charge in [-0.1, -0.05) is 42.5 Å². The first kappa shape index (κ1) is 24.2. The zero-order valence-electron chi connectivity index (χ0n) is 17.8. The zero-order valence-corrected chi connectivity index (χ0v) is 18.7. The third kappa shape index (κ3) is 5.31. The summed E-state index contributed by atoms with van der Waals surface area (Å²) < 4.78 is 66.7. The molecule has 1 heterocycles. The Balaban J connectivity index is 1.64. The van der Waals surface area contributed by atoms with Crippen LogP contribution in [-0.2, 0) is 21.0 Å². The average molecular weight is 470 g/mol. The second kappa shape index (κ2) is 9.60. The first-order valence-electron chi connectivity index (χ1n) is 10.3. The van der Waals surface area contributed by atoms with E-state index in [4.69, 9.17) is 0 Å². The molecule has 10 heteroatoms. The number of benzene rings is 2. The number of nitrogens with zero attached hydrogens (tertiary/aromatic N) is 2. The molecule has 1 aliphatic rings. The van der Waals surface area contributed by atoms with Crippen LogP contribution < -0.4 is 5.32 Å². The molecule has 1 aliphatic heterocycles. The van der Waals surface area contributed by atoms with Crippen molar-refractivity contribution >= 4 is 15.9 Å². The number of rotatable bonds is 6. The van der Waals surface area contributed by atoms with E-state index in [1.54, 1.807) is 6.92 Å². The summed E-state index contributed by atoms with van der Waals surface area (Å²) in [6.07, 6.45) is -4.77. The van der Waals surface area contributed by atoms with Gasteiger partial charge in [0.25, 0.3) is 0 Å². The van der Waals surface area contributed by atoms with Crippen molar-refractivity contribution in [3.8, 4) is 0 Å². The second-order valence-electron chi connectivity index (χ2n) is 7.75. The Morgan fingerprint density at radius 1 is 0.938 bits per heavy atom. The molecule has 1 N–H and O–H groups in total. The third-order valence-corrected chi connectivity index (χ3v) is 7.63. The van der Waals surface area contributed by atoms with Gasteiger partial charge in [-0.2, -0.15) is 17.5 Å². The normalized spacial score (nSPS) is 18.2. The molecule has 0 unspecified atom stereocenters. The van der Waals surface area contributed by atoms with E-state index < -0.39 is 32.7 Å². The van der Waals surface area contributed by atoms with E-state index in [1.165, 1.54) is 6.07 Å². The Labute approximate surface area is 186 Å². The number of hydrogen-bond donors (Lipinski definition) is 1. The molecule has 2 aromatic carbocycles. The van der Waals surface area contributed by atoms with E-state index in [1.807, 2.05) is 42.2 Å². The van der Waals surface area contributed by atoms with E-state index in [0.29, 0.717) is 0 Å². The van der Waals surface area contributed by atoms with Crippen LogP contribution >= 0.6 is 0 Å². The minimum Gasteiger partial charge on any atom is -0.348 e. The lowest BCUT2D eigenvalue weighted by molar-refractivity contribution is -0.140. The zero-order chi connectivity index (χ0) is 23.5. The highest BCUT2D eigenvalue weighted by atomic mass is 32.2. The van der Waals surface area contributed by atoms with Crippen LogP contribution in [0.5, 0.6) is 0 Å². The van der Waals surface area contributed by atoms with Crippen molar-refractivity contribution in [2.45, 2.75) is 37.0 Å². The molecular formula is C22H26F3N3O3S. The Bertz CT molecular complexity index is 1040. The Kier molecular flexibility index (Phi) is 7.26. The standard InChI is InChI=1S/C22H26F3N3O3S/c1-16(18-8-4-3-5-9-18)26-21(29)17(2)27-12-14-28(15-13-27)32(30,31)20-11-7-6-10-19(20)22(23,24)25/h3-11,16-17H,12-15H2,1-2H3,(H,26,29)/t16-,17-/m1/s1. The summed E-state index contributed by atoms with van der Waals surface area (Å²) in [5.41, 5.74) is -0.211.